The number of carbonyl (C=O) groups is 1. The molecule has 1 heterocycles. The minimum absolute atomic E-state index is 0.0307. The lowest BCUT2D eigenvalue weighted by atomic mass is 10.1. The van der Waals surface area contributed by atoms with Gasteiger partial charge in [-0.1, -0.05) is 17.7 Å². The van der Waals surface area contributed by atoms with Gasteiger partial charge in [0.1, 0.15) is 5.75 Å². The van der Waals surface area contributed by atoms with Gasteiger partial charge in [0, 0.05) is 19.6 Å². The lowest BCUT2D eigenvalue weighted by molar-refractivity contribution is -0.136. The molecule has 1 fully saturated rings. The lowest BCUT2D eigenvalue weighted by Crippen LogP contribution is -2.37. The predicted octanol–water partition coefficient (Wildman–Crippen LogP) is 2.07. The fraction of sp³-hybridized carbons (Fsp3) is 0.533. The van der Waals surface area contributed by atoms with Crippen LogP contribution in [-0.4, -0.2) is 55.4 Å². The number of carboxylic acid groups (broad SMARTS) is 1. The molecule has 1 aromatic rings. The summed E-state index contributed by atoms with van der Waals surface area (Å²) in [6.07, 6.45) is 0.893. The van der Waals surface area contributed by atoms with Crippen molar-refractivity contribution in [3.63, 3.8) is 0 Å². The van der Waals surface area contributed by atoms with Crippen LogP contribution in [0.4, 0.5) is 0 Å². The number of nitrogens with zero attached hydrogens (tertiary/aromatic N) is 1. The van der Waals surface area contributed by atoms with Gasteiger partial charge in [-0.3, -0.25) is 9.69 Å². The molecule has 1 aliphatic heterocycles. The zero-order chi connectivity index (χ0) is 15.1. The Morgan fingerprint density at radius 2 is 2.14 bits per heavy atom. The topological polar surface area (TPSA) is 59.0 Å². The molecule has 0 radical (unpaired) electrons. The second-order valence-corrected chi connectivity index (χ2v) is 5.40. The van der Waals surface area contributed by atoms with E-state index >= 15 is 0 Å². The number of rotatable bonds is 7. The summed E-state index contributed by atoms with van der Waals surface area (Å²) >= 11 is 6.10. The molecule has 2 rings (SSSR count). The normalized spacial score (nSPS) is 15.9. The van der Waals surface area contributed by atoms with Crippen molar-refractivity contribution < 1.29 is 19.4 Å². The number of aliphatic carboxylic acids is 1. The molecule has 1 aromatic carbocycles. The Kier molecular flexibility index (Phi) is 6.29. The summed E-state index contributed by atoms with van der Waals surface area (Å²) < 4.78 is 10.9. The second-order valence-electron chi connectivity index (χ2n) is 4.99. The van der Waals surface area contributed by atoms with Crippen LogP contribution in [0.15, 0.2) is 18.2 Å². The molecule has 0 spiro atoms. The fourth-order valence-electron chi connectivity index (χ4n) is 2.24. The summed E-state index contributed by atoms with van der Waals surface area (Å²) in [7, 11) is 0. The molecule has 5 nitrogen and oxygen atoms in total. The smallest absolute Gasteiger partial charge is 0.307 e. The molecular formula is C15H20ClNO4. The largest absolute Gasteiger partial charge is 0.492 e. The number of hydrogen-bond donors (Lipinski definition) is 1. The minimum atomic E-state index is -0.870. The van der Waals surface area contributed by atoms with Gasteiger partial charge in [0.25, 0.3) is 0 Å². The number of ether oxygens (including phenoxy) is 2. The van der Waals surface area contributed by atoms with E-state index in [2.05, 4.69) is 4.90 Å². The van der Waals surface area contributed by atoms with Gasteiger partial charge in [-0.15, -0.1) is 0 Å². The molecule has 1 N–H and O–H groups in total. The van der Waals surface area contributed by atoms with Crippen molar-refractivity contribution in [1.82, 2.24) is 4.90 Å². The highest BCUT2D eigenvalue weighted by molar-refractivity contribution is 6.32. The van der Waals surface area contributed by atoms with Crippen molar-refractivity contribution in [1.29, 1.82) is 0 Å². The maximum absolute atomic E-state index is 10.6. The van der Waals surface area contributed by atoms with E-state index in [1.807, 2.05) is 0 Å². The summed E-state index contributed by atoms with van der Waals surface area (Å²) in [5.74, 6) is -0.266. The highest BCUT2D eigenvalue weighted by atomic mass is 35.5. The van der Waals surface area contributed by atoms with E-state index in [0.29, 0.717) is 22.9 Å². The molecule has 21 heavy (non-hydrogen) atoms. The van der Waals surface area contributed by atoms with Crippen molar-refractivity contribution in [3.05, 3.63) is 28.8 Å². The Morgan fingerprint density at radius 1 is 1.38 bits per heavy atom. The van der Waals surface area contributed by atoms with Gasteiger partial charge in [0.15, 0.2) is 0 Å². The first-order valence-corrected chi connectivity index (χ1v) is 7.46. The third-order valence-corrected chi connectivity index (χ3v) is 3.63. The van der Waals surface area contributed by atoms with Crippen LogP contribution in [-0.2, 0) is 16.0 Å². The molecule has 6 heteroatoms. The standard InChI is InChI=1S/C15H20ClNO4/c16-13-10-12(11-15(18)19)2-3-14(13)21-7-1-4-17-5-8-20-9-6-17/h2-3,10H,1,4-9,11H2,(H,18,19). The zero-order valence-corrected chi connectivity index (χ0v) is 12.6. The molecule has 0 aromatic heterocycles. The van der Waals surface area contributed by atoms with Gasteiger partial charge in [-0.25, -0.2) is 0 Å². The summed E-state index contributed by atoms with van der Waals surface area (Å²) in [5.41, 5.74) is 0.674. The molecular weight excluding hydrogens is 294 g/mol. The fourth-order valence-corrected chi connectivity index (χ4v) is 2.50. The Morgan fingerprint density at radius 3 is 2.81 bits per heavy atom. The van der Waals surface area contributed by atoms with Crippen LogP contribution in [0.25, 0.3) is 0 Å². The van der Waals surface area contributed by atoms with Gasteiger partial charge in [0.05, 0.1) is 31.3 Å². The lowest BCUT2D eigenvalue weighted by Gasteiger charge is -2.26. The first-order valence-electron chi connectivity index (χ1n) is 7.08. The SMILES string of the molecule is O=C(O)Cc1ccc(OCCCN2CCOCC2)c(Cl)c1. The number of benzene rings is 1. The van der Waals surface area contributed by atoms with Crippen molar-refractivity contribution in [3.8, 4) is 5.75 Å². The van der Waals surface area contributed by atoms with Gasteiger partial charge in [0.2, 0.25) is 0 Å². The van der Waals surface area contributed by atoms with Crippen molar-refractivity contribution in [2.24, 2.45) is 0 Å². The van der Waals surface area contributed by atoms with Gasteiger partial charge in [-0.05, 0) is 24.1 Å². The maximum Gasteiger partial charge on any atom is 0.307 e. The van der Waals surface area contributed by atoms with Crippen LogP contribution in [0.2, 0.25) is 5.02 Å². The van der Waals surface area contributed by atoms with E-state index < -0.39 is 5.97 Å². The van der Waals surface area contributed by atoms with E-state index in [1.54, 1.807) is 18.2 Å². The monoisotopic (exact) mass is 313 g/mol. The quantitative estimate of drug-likeness (QED) is 0.781. The average molecular weight is 314 g/mol. The van der Waals surface area contributed by atoms with Gasteiger partial charge < -0.3 is 14.6 Å². The number of morpholine rings is 1. The third-order valence-electron chi connectivity index (χ3n) is 3.33. The molecule has 0 unspecified atom stereocenters. The van der Waals surface area contributed by atoms with E-state index in [4.69, 9.17) is 26.2 Å². The van der Waals surface area contributed by atoms with E-state index in [0.717, 1.165) is 39.3 Å². The highest BCUT2D eigenvalue weighted by Crippen LogP contribution is 2.25. The molecule has 0 bridgehead atoms. The van der Waals surface area contributed by atoms with Gasteiger partial charge >= 0.3 is 5.97 Å². The van der Waals surface area contributed by atoms with Crippen LogP contribution >= 0.6 is 11.6 Å². The van der Waals surface area contributed by atoms with E-state index in [9.17, 15) is 4.79 Å². The second kappa shape index (κ2) is 8.22. The van der Waals surface area contributed by atoms with Gasteiger partial charge in [-0.2, -0.15) is 0 Å². The average Bonchev–Trinajstić information content (AvgIpc) is 2.46. The van der Waals surface area contributed by atoms with Crippen molar-refractivity contribution in [2.75, 3.05) is 39.5 Å². The summed E-state index contributed by atoms with van der Waals surface area (Å²) in [6, 6.07) is 5.11. The molecule has 0 saturated carbocycles. The van der Waals surface area contributed by atoms with Crippen LogP contribution in [0.5, 0.6) is 5.75 Å². The highest BCUT2D eigenvalue weighted by Gasteiger charge is 2.10. The summed E-state index contributed by atoms with van der Waals surface area (Å²) in [5, 5.41) is 9.19. The Labute approximate surface area is 129 Å². The Bertz CT molecular complexity index is 475. The Balaban J connectivity index is 1.73. The van der Waals surface area contributed by atoms with Crippen LogP contribution in [0.1, 0.15) is 12.0 Å². The minimum Gasteiger partial charge on any atom is -0.492 e. The maximum atomic E-state index is 10.6. The number of hydrogen-bond acceptors (Lipinski definition) is 4. The third kappa shape index (κ3) is 5.53. The molecule has 0 amide bonds. The molecule has 116 valence electrons. The van der Waals surface area contributed by atoms with Crippen molar-refractivity contribution in [2.45, 2.75) is 12.8 Å². The van der Waals surface area contributed by atoms with E-state index in [1.165, 1.54) is 0 Å². The molecule has 1 saturated heterocycles. The van der Waals surface area contributed by atoms with Crippen LogP contribution in [0, 0.1) is 0 Å². The Hall–Kier alpha value is -1.30. The number of carboxylic acids is 1. The summed E-state index contributed by atoms with van der Waals surface area (Å²) in [4.78, 5) is 13.0. The van der Waals surface area contributed by atoms with Crippen LogP contribution < -0.4 is 4.74 Å². The van der Waals surface area contributed by atoms with E-state index in [-0.39, 0.29) is 6.42 Å². The molecule has 1 aliphatic rings. The van der Waals surface area contributed by atoms with Crippen LogP contribution in [0.3, 0.4) is 0 Å². The molecule has 0 atom stereocenters. The summed E-state index contributed by atoms with van der Waals surface area (Å²) in [6.45, 7) is 5.14. The zero-order valence-electron chi connectivity index (χ0n) is 11.9. The van der Waals surface area contributed by atoms with Crippen molar-refractivity contribution >= 4 is 17.6 Å². The first kappa shape index (κ1) is 16.1. The number of halogens is 1. The predicted molar refractivity (Wildman–Crippen MR) is 80.2 cm³/mol. The first-order chi connectivity index (χ1) is 10.1. The molecule has 0 aliphatic carbocycles.